The van der Waals surface area contributed by atoms with Gasteiger partial charge in [0.25, 0.3) is 0 Å². The van der Waals surface area contributed by atoms with Crippen molar-refractivity contribution >= 4 is 0 Å². The number of hydrogen-bond donors (Lipinski definition) is 0. The second-order valence-electron chi connectivity index (χ2n) is 6.40. The fraction of sp³-hybridized carbons (Fsp3) is 0.227. The Kier molecular flexibility index (Phi) is 6.49. The van der Waals surface area contributed by atoms with E-state index in [9.17, 15) is 8.78 Å². The van der Waals surface area contributed by atoms with Crippen molar-refractivity contribution < 1.29 is 13.5 Å². The predicted octanol–water partition coefficient (Wildman–Crippen LogP) is 4.61. The van der Waals surface area contributed by atoms with Crippen molar-refractivity contribution in [1.29, 1.82) is 0 Å². The summed E-state index contributed by atoms with van der Waals surface area (Å²) >= 11 is 0. The van der Waals surface area contributed by atoms with Gasteiger partial charge in [-0.05, 0) is 60.0 Å². The van der Waals surface area contributed by atoms with Crippen LogP contribution < -0.4 is 4.74 Å². The molecule has 5 heteroatoms. The summed E-state index contributed by atoms with van der Waals surface area (Å²) in [5.41, 5.74) is 2.60. The van der Waals surface area contributed by atoms with E-state index in [-0.39, 0.29) is 5.82 Å². The van der Waals surface area contributed by atoms with Crippen LogP contribution in [0.3, 0.4) is 0 Å². The largest absolute Gasteiger partial charge is 0.497 e. The monoisotopic (exact) mass is 368 g/mol. The molecule has 0 aliphatic carbocycles. The number of aromatic nitrogens is 1. The van der Waals surface area contributed by atoms with Crippen LogP contribution in [0.5, 0.6) is 5.75 Å². The van der Waals surface area contributed by atoms with E-state index in [4.69, 9.17) is 4.74 Å². The van der Waals surface area contributed by atoms with E-state index in [1.807, 2.05) is 36.4 Å². The molecule has 0 N–H and O–H groups in total. The molecule has 3 nitrogen and oxygen atoms in total. The SMILES string of the molecule is COc1ccc(CCN(Cc2ccncc2)Cc2cc(F)ccc2F)cc1. The summed E-state index contributed by atoms with van der Waals surface area (Å²) in [4.78, 5) is 6.14. The lowest BCUT2D eigenvalue weighted by molar-refractivity contribution is 0.256. The first-order valence-corrected chi connectivity index (χ1v) is 8.82. The van der Waals surface area contributed by atoms with Crippen LogP contribution in [0.4, 0.5) is 8.78 Å². The van der Waals surface area contributed by atoms with Gasteiger partial charge in [0.05, 0.1) is 7.11 Å². The van der Waals surface area contributed by atoms with Crippen LogP contribution in [0.15, 0.2) is 67.0 Å². The number of benzene rings is 2. The fourth-order valence-electron chi connectivity index (χ4n) is 2.95. The van der Waals surface area contributed by atoms with Crippen molar-refractivity contribution in [3.05, 3.63) is 95.3 Å². The van der Waals surface area contributed by atoms with Crippen molar-refractivity contribution in [3.8, 4) is 5.75 Å². The van der Waals surface area contributed by atoms with Crippen LogP contribution in [-0.2, 0) is 19.5 Å². The molecule has 1 aromatic heterocycles. The van der Waals surface area contributed by atoms with E-state index in [0.717, 1.165) is 29.4 Å². The summed E-state index contributed by atoms with van der Waals surface area (Å²) in [6.07, 6.45) is 4.27. The summed E-state index contributed by atoms with van der Waals surface area (Å²) in [6, 6.07) is 15.3. The molecular formula is C22H22F2N2O. The average Bonchev–Trinajstić information content (AvgIpc) is 2.70. The zero-order chi connectivity index (χ0) is 19.1. The Hall–Kier alpha value is -2.79. The van der Waals surface area contributed by atoms with Crippen LogP contribution in [0.1, 0.15) is 16.7 Å². The van der Waals surface area contributed by atoms with Crippen LogP contribution >= 0.6 is 0 Å². The Balaban J connectivity index is 1.73. The lowest BCUT2D eigenvalue weighted by atomic mass is 10.1. The number of hydrogen-bond acceptors (Lipinski definition) is 3. The summed E-state index contributed by atoms with van der Waals surface area (Å²) in [5, 5.41) is 0. The van der Waals surface area contributed by atoms with Crippen LogP contribution in [0, 0.1) is 11.6 Å². The molecule has 0 unspecified atom stereocenters. The number of halogens is 2. The molecule has 0 atom stereocenters. The molecule has 0 aliphatic rings. The minimum atomic E-state index is -0.426. The fourth-order valence-corrected chi connectivity index (χ4v) is 2.95. The van der Waals surface area contributed by atoms with E-state index < -0.39 is 5.82 Å². The van der Waals surface area contributed by atoms with Gasteiger partial charge in [0.2, 0.25) is 0 Å². The van der Waals surface area contributed by atoms with Crippen molar-refractivity contribution in [3.63, 3.8) is 0 Å². The van der Waals surface area contributed by atoms with Crippen LogP contribution in [0.2, 0.25) is 0 Å². The highest BCUT2D eigenvalue weighted by molar-refractivity contribution is 5.27. The van der Waals surface area contributed by atoms with Gasteiger partial charge in [-0.2, -0.15) is 0 Å². The van der Waals surface area contributed by atoms with Crippen molar-refractivity contribution in [2.45, 2.75) is 19.5 Å². The lowest BCUT2D eigenvalue weighted by Gasteiger charge is -2.23. The maximum Gasteiger partial charge on any atom is 0.127 e. The second kappa shape index (κ2) is 9.24. The molecule has 1 heterocycles. The second-order valence-corrected chi connectivity index (χ2v) is 6.40. The Bertz CT molecular complexity index is 854. The molecule has 0 spiro atoms. The third-order valence-corrected chi connectivity index (χ3v) is 4.43. The van der Waals surface area contributed by atoms with Gasteiger partial charge in [-0.15, -0.1) is 0 Å². The molecule has 27 heavy (non-hydrogen) atoms. The minimum Gasteiger partial charge on any atom is -0.497 e. The van der Waals surface area contributed by atoms with Gasteiger partial charge >= 0.3 is 0 Å². The van der Waals surface area contributed by atoms with E-state index in [0.29, 0.717) is 25.2 Å². The summed E-state index contributed by atoms with van der Waals surface area (Å²) in [5.74, 6) is 0.000199. The van der Waals surface area contributed by atoms with Gasteiger partial charge in [0.15, 0.2) is 0 Å². The Labute approximate surface area is 158 Å². The number of methoxy groups -OCH3 is 1. The third-order valence-electron chi connectivity index (χ3n) is 4.43. The molecule has 0 saturated carbocycles. The molecule has 0 fully saturated rings. The molecule has 140 valence electrons. The molecule has 3 rings (SSSR count). The first-order valence-electron chi connectivity index (χ1n) is 8.82. The van der Waals surface area contributed by atoms with Crippen LogP contribution in [-0.4, -0.2) is 23.5 Å². The zero-order valence-electron chi connectivity index (χ0n) is 15.2. The number of pyridine rings is 1. The highest BCUT2D eigenvalue weighted by Crippen LogP contribution is 2.16. The third kappa shape index (κ3) is 5.59. The first-order chi connectivity index (χ1) is 13.1. The van der Waals surface area contributed by atoms with Gasteiger partial charge in [0.1, 0.15) is 17.4 Å². The number of nitrogens with zero attached hydrogens (tertiary/aromatic N) is 2. The van der Waals surface area contributed by atoms with Gasteiger partial charge in [0, 0.05) is 37.6 Å². The van der Waals surface area contributed by atoms with Crippen molar-refractivity contribution in [2.75, 3.05) is 13.7 Å². The lowest BCUT2D eigenvalue weighted by Crippen LogP contribution is -2.26. The van der Waals surface area contributed by atoms with Crippen molar-refractivity contribution in [2.24, 2.45) is 0 Å². The van der Waals surface area contributed by atoms with Crippen molar-refractivity contribution in [1.82, 2.24) is 9.88 Å². The maximum atomic E-state index is 14.1. The molecular weight excluding hydrogens is 346 g/mol. The van der Waals surface area contributed by atoms with E-state index in [2.05, 4.69) is 9.88 Å². The summed E-state index contributed by atoms with van der Waals surface area (Å²) < 4.78 is 32.8. The van der Waals surface area contributed by atoms with Gasteiger partial charge < -0.3 is 4.74 Å². The predicted molar refractivity (Wildman–Crippen MR) is 101 cm³/mol. The van der Waals surface area contributed by atoms with E-state index >= 15 is 0 Å². The number of ether oxygens (including phenoxy) is 1. The quantitative estimate of drug-likeness (QED) is 0.580. The standard InChI is InChI=1S/C22H22F2N2O/c1-27-21-5-2-17(3-6-21)10-13-26(15-18-8-11-25-12-9-18)16-19-14-20(23)4-7-22(19)24/h2-9,11-12,14H,10,13,15-16H2,1H3. The maximum absolute atomic E-state index is 14.1. The molecule has 0 saturated heterocycles. The summed E-state index contributed by atoms with van der Waals surface area (Å²) in [6.45, 7) is 1.68. The Morgan fingerprint density at radius 2 is 1.63 bits per heavy atom. The Morgan fingerprint density at radius 1 is 0.889 bits per heavy atom. The molecule has 2 aromatic carbocycles. The highest BCUT2D eigenvalue weighted by atomic mass is 19.1. The zero-order valence-corrected chi connectivity index (χ0v) is 15.2. The smallest absolute Gasteiger partial charge is 0.127 e. The van der Waals surface area contributed by atoms with E-state index in [1.54, 1.807) is 19.5 Å². The van der Waals surface area contributed by atoms with Crippen LogP contribution in [0.25, 0.3) is 0 Å². The number of rotatable bonds is 8. The molecule has 0 aliphatic heterocycles. The van der Waals surface area contributed by atoms with Gasteiger partial charge in [-0.25, -0.2) is 8.78 Å². The first kappa shape index (κ1) is 19.0. The Morgan fingerprint density at radius 3 is 2.33 bits per heavy atom. The van der Waals surface area contributed by atoms with Gasteiger partial charge in [-0.1, -0.05) is 12.1 Å². The summed E-state index contributed by atoms with van der Waals surface area (Å²) in [7, 11) is 1.64. The topological polar surface area (TPSA) is 25.4 Å². The normalized spacial score (nSPS) is 11.0. The molecule has 0 bridgehead atoms. The van der Waals surface area contributed by atoms with Gasteiger partial charge in [-0.3, -0.25) is 9.88 Å². The minimum absolute atomic E-state index is 0.335. The molecule has 0 amide bonds. The highest BCUT2D eigenvalue weighted by Gasteiger charge is 2.12. The average molecular weight is 368 g/mol. The molecule has 0 radical (unpaired) electrons. The van der Waals surface area contributed by atoms with E-state index in [1.165, 1.54) is 12.1 Å². The molecule has 3 aromatic rings.